The Balaban J connectivity index is 0.00000304. The summed E-state index contributed by atoms with van der Waals surface area (Å²) in [7, 11) is 0. The van der Waals surface area contributed by atoms with Gasteiger partial charge in [0.1, 0.15) is 0 Å². The molecular weight excluding hydrogens is 496 g/mol. The summed E-state index contributed by atoms with van der Waals surface area (Å²) in [5, 5.41) is 7.65. The topological polar surface area (TPSA) is 96.0 Å². The quantitative estimate of drug-likeness (QED) is 0.361. The van der Waals surface area contributed by atoms with Crippen molar-refractivity contribution < 1.29 is 9.59 Å². The Labute approximate surface area is 220 Å². The van der Waals surface area contributed by atoms with Crippen LogP contribution in [0.15, 0.2) is 71.8 Å². The normalized spacial score (nSPS) is 16.9. The van der Waals surface area contributed by atoms with Crippen molar-refractivity contribution >= 4 is 47.8 Å². The first kappa shape index (κ1) is 25.6. The average Bonchev–Trinajstić information content (AvgIpc) is 3.45. The second-order valence-electron chi connectivity index (χ2n) is 8.90. The first-order chi connectivity index (χ1) is 16.9. The molecule has 1 aliphatic rings. The van der Waals surface area contributed by atoms with Crippen LogP contribution >= 0.6 is 25.1 Å². The van der Waals surface area contributed by atoms with E-state index >= 15 is 0 Å². The molecule has 2 heterocycles. The van der Waals surface area contributed by atoms with E-state index in [9.17, 15) is 14.4 Å². The number of hydrogen-bond donors (Lipinski definition) is 3. The molecule has 0 unspecified atom stereocenters. The molecule has 2 aromatic carbocycles. The van der Waals surface area contributed by atoms with Gasteiger partial charge in [-0.3, -0.25) is 19.0 Å². The van der Waals surface area contributed by atoms with Crippen LogP contribution in [0.5, 0.6) is 0 Å². The summed E-state index contributed by atoms with van der Waals surface area (Å²) in [5.41, 5.74) is 3.28. The van der Waals surface area contributed by atoms with E-state index in [1.54, 1.807) is 59.4 Å². The predicted octanol–water partition coefficient (Wildman–Crippen LogP) is 4.47. The summed E-state index contributed by atoms with van der Waals surface area (Å²) in [5.74, 6) is -0.383. The third-order valence-electron chi connectivity index (χ3n) is 6.58. The van der Waals surface area contributed by atoms with Crippen molar-refractivity contribution in [3.8, 4) is 5.69 Å². The van der Waals surface area contributed by atoms with Crippen molar-refractivity contribution in [2.45, 2.75) is 38.3 Å². The third-order valence-corrected chi connectivity index (χ3v) is 6.90. The molecule has 186 valence electrons. The average molecular weight is 523 g/mol. The molecule has 5 rings (SSSR count). The van der Waals surface area contributed by atoms with Crippen LogP contribution in [-0.2, 0) is 0 Å². The van der Waals surface area contributed by atoms with Crippen LogP contribution in [0, 0.1) is 6.92 Å². The molecule has 0 bridgehead atoms. The Morgan fingerprint density at radius 2 is 1.64 bits per heavy atom. The van der Waals surface area contributed by atoms with Crippen molar-refractivity contribution in [1.82, 2.24) is 20.2 Å². The van der Waals surface area contributed by atoms with Crippen molar-refractivity contribution in [1.29, 1.82) is 0 Å². The van der Waals surface area contributed by atoms with E-state index in [4.69, 9.17) is 11.6 Å². The summed E-state index contributed by atoms with van der Waals surface area (Å²) < 4.78 is 1.55. The van der Waals surface area contributed by atoms with Gasteiger partial charge in [-0.15, -0.1) is 0 Å². The molecule has 0 saturated heterocycles. The van der Waals surface area contributed by atoms with E-state index in [2.05, 4.69) is 15.6 Å². The highest BCUT2D eigenvalue weighted by Gasteiger charge is 2.30. The van der Waals surface area contributed by atoms with Gasteiger partial charge >= 0.3 is 0 Å². The minimum absolute atomic E-state index is 0. The Kier molecular flexibility index (Phi) is 7.56. The molecule has 2 atom stereocenters. The number of aryl methyl sites for hydroxylation is 1. The number of hydrogen-bond acceptors (Lipinski definition) is 3. The maximum Gasteiger partial charge on any atom is 0.255 e. The second-order valence-corrected chi connectivity index (χ2v) is 9.31. The van der Waals surface area contributed by atoms with E-state index < -0.39 is 0 Å². The number of aromatic amines is 1. The van der Waals surface area contributed by atoms with Crippen LogP contribution in [0.25, 0.3) is 16.6 Å². The maximum absolute atomic E-state index is 13.0. The lowest BCUT2D eigenvalue weighted by atomic mass is 10.1. The van der Waals surface area contributed by atoms with Gasteiger partial charge in [-0.25, -0.2) is 0 Å². The Bertz CT molecular complexity index is 1500. The molecule has 9 heteroatoms. The SMILES string of the molecule is Cc1cc(C(=O)N[C@H]2CCC[C@H]2NC(=O)c2ccc3c(Cl)c[nH]c3c2)ccc1-n1ccccc1=O.S. The van der Waals surface area contributed by atoms with Gasteiger partial charge in [-0.05, 0) is 68.1 Å². The fourth-order valence-corrected chi connectivity index (χ4v) is 4.95. The number of carbonyl (C=O) groups is 2. The van der Waals surface area contributed by atoms with Gasteiger partial charge in [-0.2, -0.15) is 13.5 Å². The first-order valence-corrected chi connectivity index (χ1v) is 12.0. The number of fused-ring (bicyclic) bond motifs is 1. The van der Waals surface area contributed by atoms with Gasteiger partial charge in [0.15, 0.2) is 0 Å². The lowest BCUT2D eigenvalue weighted by Crippen LogP contribution is -2.48. The number of pyridine rings is 1. The molecule has 1 aliphatic carbocycles. The van der Waals surface area contributed by atoms with Crippen molar-refractivity contribution in [2.75, 3.05) is 0 Å². The largest absolute Gasteiger partial charge is 0.360 e. The van der Waals surface area contributed by atoms with Gasteiger partial charge in [-0.1, -0.05) is 23.7 Å². The predicted molar refractivity (Wildman–Crippen MR) is 147 cm³/mol. The first-order valence-electron chi connectivity index (χ1n) is 11.6. The lowest BCUT2D eigenvalue weighted by Gasteiger charge is -2.22. The number of nitrogens with zero attached hydrogens (tertiary/aromatic N) is 1. The standard InChI is InChI=1S/C27H25ClN4O3.H2S/c1-16-13-17(9-11-24(16)32-12-3-2-7-25(32)33)26(34)30-21-5-4-6-22(21)31-27(35)18-8-10-19-20(28)15-29-23(19)14-18;/h2-3,7-15,21-22,29H,4-6H2,1H3,(H,30,34)(H,31,35);1H2/t21-,22+;/m0./s1. The van der Waals surface area contributed by atoms with Crippen LogP contribution in [0.1, 0.15) is 45.5 Å². The molecule has 2 aromatic heterocycles. The zero-order valence-electron chi connectivity index (χ0n) is 19.7. The molecule has 0 radical (unpaired) electrons. The number of amides is 2. The number of benzene rings is 2. The number of rotatable bonds is 5. The second kappa shape index (κ2) is 10.6. The van der Waals surface area contributed by atoms with Crippen molar-refractivity contribution in [3.63, 3.8) is 0 Å². The smallest absolute Gasteiger partial charge is 0.255 e. The molecule has 2 amide bonds. The molecule has 4 aromatic rings. The van der Waals surface area contributed by atoms with Gasteiger partial charge in [0.25, 0.3) is 17.4 Å². The number of H-pyrrole nitrogens is 1. The molecule has 7 nitrogen and oxygen atoms in total. The number of halogens is 1. The highest BCUT2D eigenvalue weighted by Crippen LogP contribution is 2.25. The Morgan fingerprint density at radius 1 is 0.972 bits per heavy atom. The summed E-state index contributed by atoms with van der Waals surface area (Å²) in [6.07, 6.45) is 5.90. The van der Waals surface area contributed by atoms with E-state index in [0.29, 0.717) is 16.1 Å². The third kappa shape index (κ3) is 5.05. The zero-order valence-corrected chi connectivity index (χ0v) is 21.4. The number of carbonyl (C=O) groups excluding carboxylic acids is 2. The van der Waals surface area contributed by atoms with Crippen molar-refractivity contribution in [3.05, 3.63) is 99.1 Å². The van der Waals surface area contributed by atoms with E-state index in [1.807, 2.05) is 13.0 Å². The molecule has 0 aliphatic heterocycles. The van der Waals surface area contributed by atoms with Crippen LogP contribution < -0.4 is 16.2 Å². The zero-order chi connectivity index (χ0) is 24.5. The minimum atomic E-state index is -0.200. The monoisotopic (exact) mass is 522 g/mol. The Morgan fingerprint density at radius 3 is 2.31 bits per heavy atom. The van der Waals surface area contributed by atoms with E-state index in [1.165, 1.54) is 6.07 Å². The van der Waals surface area contributed by atoms with Gasteiger partial charge < -0.3 is 15.6 Å². The maximum atomic E-state index is 13.0. The van der Waals surface area contributed by atoms with Gasteiger partial charge in [0, 0.05) is 52.6 Å². The molecule has 1 saturated carbocycles. The van der Waals surface area contributed by atoms with Crippen LogP contribution in [0.3, 0.4) is 0 Å². The number of aromatic nitrogens is 2. The highest BCUT2D eigenvalue weighted by atomic mass is 35.5. The summed E-state index contributed by atoms with van der Waals surface area (Å²) in [6, 6.07) is 15.3. The van der Waals surface area contributed by atoms with E-state index in [0.717, 1.165) is 41.4 Å². The molecule has 36 heavy (non-hydrogen) atoms. The van der Waals surface area contributed by atoms with Crippen molar-refractivity contribution in [2.24, 2.45) is 0 Å². The lowest BCUT2D eigenvalue weighted by molar-refractivity contribution is 0.0892. The van der Waals surface area contributed by atoms with E-state index in [-0.39, 0.29) is 43.0 Å². The minimum Gasteiger partial charge on any atom is -0.360 e. The van der Waals surface area contributed by atoms with Crippen LogP contribution in [-0.4, -0.2) is 33.4 Å². The van der Waals surface area contributed by atoms with Crippen LogP contribution in [0.4, 0.5) is 0 Å². The molecular formula is C27H27ClN4O3S. The van der Waals surface area contributed by atoms with Gasteiger partial charge in [0.05, 0.1) is 10.7 Å². The fourth-order valence-electron chi connectivity index (χ4n) is 4.73. The summed E-state index contributed by atoms with van der Waals surface area (Å²) in [6.45, 7) is 1.87. The fraction of sp³-hybridized carbons (Fsp3) is 0.222. The Hall–Kier alpha value is -3.49. The van der Waals surface area contributed by atoms with Gasteiger partial charge in [0.2, 0.25) is 0 Å². The summed E-state index contributed by atoms with van der Waals surface area (Å²) in [4.78, 5) is 41.1. The molecule has 0 spiro atoms. The summed E-state index contributed by atoms with van der Waals surface area (Å²) >= 11 is 6.13. The molecule has 1 fully saturated rings. The molecule has 3 N–H and O–H groups in total. The number of nitrogens with one attached hydrogen (secondary N) is 3. The van der Waals surface area contributed by atoms with Crippen LogP contribution in [0.2, 0.25) is 5.02 Å². The highest BCUT2D eigenvalue weighted by molar-refractivity contribution is 7.59.